The van der Waals surface area contributed by atoms with Crippen molar-refractivity contribution in [1.29, 1.82) is 0 Å². The van der Waals surface area contributed by atoms with Crippen molar-refractivity contribution in [2.45, 2.75) is 109 Å². The van der Waals surface area contributed by atoms with Gasteiger partial charge in [0.2, 0.25) is 0 Å². The van der Waals surface area contributed by atoms with Crippen LogP contribution < -0.4 is 0 Å². The summed E-state index contributed by atoms with van der Waals surface area (Å²) in [6, 6.07) is 0. The highest BCUT2D eigenvalue weighted by molar-refractivity contribution is 5.66. The van der Waals surface area contributed by atoms with Gasteiger partial charge in [0, 0.05) is 6.42 Å². The highest BCUT2D eigenvalue weighted by Crippen LogP contribution is 2.39. The van der Waals surface area contributed by atoms with E-state index in [-0.39, 0.29) is 0 Å². The first-order valence-electron chi connectivity index (χ1n) is 11.2. The van der Waals surface area contributed by atoms with E-state index in [9.17, 15) is 4.79 Å². The molecule has 2 aliphatic rings. The maximum absolute atomic E-state index is 10.5. The smallest absolute Gasteiger partial charge is 0.303 e. The van der Waals surface area contributed by atoms with Gasteiger partial charge in [0.1, 0.15) is 0 Å². The minimum absolute atomic E-state index is 0.313. The molecule has 0 aromatic carbocycles. The van der Waals surface area contributed by atoms with E-state index in [0.29, 0.717) is 18.6 Å². The van der Waals surface area contributed by atoms with E-state index in [1.807, 2.05) is 0 Å². The van der Waals surface area contributed by atoms with Crippen molar-refractivity contribution in [3.8, 4) is 0 Å². The standard InChI is InChI=1S/C22H40O4/c1-2-3-12-20-21(26-17-16-25-20)15-14-19-11-8-10-18(19)9-6-4-5-7-13-22(23)24/h18-21H,2-17H2,1H3,(H,23,24)/t18-,19+,20?,21?/m0/s1. The van der Waals surface area contributed by atoms with Crippen molar-refractivity contribution >= 4 is 5.97 Å². The third-order valence-electron chi connectivity index (χ3n) is 6.36. The lowest BCUT2D eigenvalue weighted by Gasteiger charge is -2.33. The normalized spacial score (nSPS) is 29.1. The van der Waals surface area contributed by atoms with Gasteiger partial charge >= 0.3 is 5.97 Å². The average molecular weight is 369 g/mol. The van der Waals surface area contributed by atoms with Gasteiger partial charge in [-0.2, -0.15) is 0 Å². The average Bonchev–Trinajstić information content (AvgIpc) is 3.09. The second-order valence-electron chi connectivity index (χ2n) is 8.34. The summed E-state index contributed by atoms with van der Waals surface area (Å²) in [7, 11) is 0. The topological polar surface area (TPSA) is 55.8 Å². The Kier molecular flexibility index (Phi) is 10.6. The molecule has 152 valence electrons. The second kappa shape index (κ2) is 12.7. The first-order chi connectivity index (χ1) is 12.7. The molecule has 2 fully saturated rings. The fourth-order valence-electron chi connectivity index (χ4n) is 4.85. The monoisotopic (exact) mass is 368 g/mol. The molecule has 1 heterocycles. The Hall–Kier alpha value is -0.610. The number of carbonyl (C=O) groups is 1. The Morgan fingerprint density at radius 1 is 0.846 bits per heavy atom. The van der Waals surface area contributed by atoms with Gasteiger partial charge in [0.25, 0.3) is 0 Å². The number of aliphatic carboxylic acids is 1. The van der Waals surface area contributed by atoms with Crippen molar-refractivity contribution < 1.29 is 19.4 Å². The van der Waals surface area contributed by atoms with Crippen molar-refractivity contribution in [3.05, 3.63) is 0 Å². The third-order valence-corrected chi connectivity index (χ3v) is 6.36. The third kappa shape index (κ3) is 7.96. The fourth-order valence-corrected chi connectivity index (χ4v) is 4.85. The molecular formula is C22H40O4. The van der Waals surface area contributed by atoms with Crippen LogP contribution in [0.25, 0.3) is 0 Å². The SMILES string of the molecule is CCCCC1OCCOC1CC[C@H]1CCC[C@@H]1CCCCCCC(=O)O. The number of hydrogen-bond acceptors (Lipinski definition) is 3. The summed E-state index contributed by atoms with van der Waals surface area (Å²) >= 11 is 0. The van der Waals surface area contributed by atoms with Crippen molar-refractivity contribution in [2.24, 2.45) is 11.8 Å². The Bertz CT molecular complexity index is 384. The Balaban J connectivity index is 1.63. The van der Waals surface area contributed by atoms with Crippen LogP contribution in [0.2, 0.25) is 0 Å². The quantitative estimate of drug-likeness (QED) is 0.431. The van der Waals surface area contributed by atoms with Crippen molar-refractivity contribution in [3.63, 3.8) is 0 Å². The number of ether oxygens (including phenoxy) is 2. The summed E-state index contributed by atoms with van der Waals surface area (Å²) in [6.45, 7) is 3.76. The maximum Gasteiger partial charge on any atom is 0.303 e. The Morgan fingerprint density at radius 3 is 2.19 bits per heavy atom. The number of carboxylic acid groups (broad SMARTS) is 1. The summed E-state index contributed by atoms with van der Waals surface area (Å²) in [6.07, 6.45) is 16.9. The number of unbranched alkanes of at least 4 members (excludes halogenated alkanes) is 4. The van der Waals surface area contributed by atoms with Crippen LogP contribution in [0.1, 0.15) is 96.8 Å². The zero-order valence-electron chi connectivity index (χ0n) is 16.8. The molecule has 0 aromatic heterocycles. The largest absolute Gasteiger partial charge is 0.481 e. The predicted octanol–water partition coefficient (Wildman–Crippen LogP) is 5.58. The van der Waals surface area contributed by atoms with Crippen LogP contribution in [0.4, 0.5) is 0 Å². The first-order valence-corrected chi connectivity index (χ1v) is 11.2. The number of carboxylic acids is 1. The van der Waals surface area contributed by atoms with Gasteiger partial charge in [-0.1, -0.05) is 64.7 Å². The van der Waals surface area contributed by atoms with Gasteiger partial charge in [0.05, 0.1) is 25.4 Å². The zero-order chi connectivity index (χ0) is 18.6. The summed E-state index contributed by atoms with van der Waals surface area (Å²) < 4.78 is 12.0. The van der Waals surface area contributed by atoms with Gasteiger partial charge in [-0.3, -0.25) is 4.79 Å². The van der Waals surface area contributed by atoms with Crippen LogP contribution in [-0.4, -0.2) is 36.5 Å². The fraction of sp³-hybridized carbons (Fsp3) is 0.955. The summed E-state index contributed by atoms with van der Waals surface area (Å²) in [4.78, 5) is 10.5. The van der Waals surface area contributed by atoms with E-state index in [1.165, 1.54) is 57.8 Å². The lowest BCUT2D eigenvalue weighted by Crippen LogP contribution is -2.38. The van der Waals surface area contributed by atoms with Crippen LogP contribution in [0.15, 0.2) is 0 Å². The molecule has 2 unspecified atom stereocenters. The highest BCUT2D eigenvalue weighted by atomic mass is 16.6. The molecule has 1 N–H and O–H groups in total. The van der Waals surface area contributed by atoms with Gasteiger partial charge in [-0.25, -0.2) is 0 Å². The molecule has 4 heteroatoms. The van der Waals surface area contributed by atoms with Crippen LogP contribution in [0.3, 0.4) is 0 Å². The predicted molar refractivity (Wildman–Crippen MR) is 104 cm³/mol. The molecule has 1 aliphatic carbocycles. The summed E-state index contributed by atoms with van der Waals surface area (Å²) in [5.41, 5.74) is 0. The van der Waals surface area contributed by atoms with Crippen LogP contribution in [-0.2, 0) is 14.3 Å². The molecule has 0 aromatic rings. The lowest BCUT2D eigenvalue weighted by atomic mass is 9.86. The van der Waals surface area contributed by atoms with E-state index in [2.05, 4.69) is 6.92 Å². The van der Waals surface area contributed by atoms with Gasteiger partial charge in [0.15, 0.2) is 0 Å². The van der Waals surface area contributed by atoms with Crippen molar-refractivity contribution in [1.82, 2.24) is 0 Å². The minimum atomic E-state index is -0.660. The molecule has 1 aliphatic heterocycles. The van der Waals surface area contributed by atoms with Crippen LogP contribution in [0.5, 0.6) is 0 Å². The van der Waals surface area contributed by atoms with Gasteiger partial charge in [-0.15, -0.1) is 0 Å². The molecule has 0 spiro atoms. The van der Waals surface area contributed by atoms with E-state index >= 15 is 0 Å². The van der Waals surface area contributed by atoms with Gasteiger partial charge in [-0.05, 0) is 37.5 Å². The van der Waals surface area contributed by atoms with E-state index < -0.39 is 5.97 Å². The summed E-state index contributed by atoms with van der Waals surface area (Å²) in [5.74, 6) is 1.09. The lowest BCUT2D eigenvalue weighted by molar-refractivity contribution is -0.146. The molecule has 4 atom stereocenters. The Labute approximate surface area is 160 Å². The molecule has 26 heavy (non-hydrogen) atoms. The first kappa shape index (κ1) is 21.7. The molecule has 1 saturated carbocycles. The molecule has 2 rings (SSSR count). The molecule has 0 radical (unpaired) electrons. The van der Waals surface area contributed by atoms with E-state index in [4.69, 9.17) is 14.6 Å². The minimum Gasteiger partial charge on any atom is -0.481 e. The number of hydrogen-bond donors (Lipinski definition) is 1. The molecule has 0 bridgehead atoms. The highest BCUT2D eigenvalue weighted by Gasteiger charge is 2.31. The Morgan fingerprint density at radius 2 is 1.50 bits per heavy atom. The van der Waals surface area contributed by atoms with Crippen molar-refractivity contribution in [2.75, 3.05) is 13.2 Å². The van der Waals surface area contributed by atoms with Gasteiger partial charge < -0.3 is 14.6 Å². The molecule has 1 saturated heterocycles. The van der Waals surface area contributed by atoms with E-state index in [1.54, 1.807) is 0 Å². The molecule has 4 nitrogen and oxygen atoms in total. The zero-order valence-corrected chi connectivity index (χ0v) is 16.8. The molecule has 0 amide bonds. The second-order valence-corrected chi connectivity index (χ2v) is 8.34. The summed E-state index contributed by atoms with van der Waals surface area (Å²) in [5, 5.41) is 8.69. The molecular weight excluding hydrogens is 328 g/mol. The number of rotatable bonds is 13. The maximum atomic E-state index is 10.5. The van der Waals surface area contributed by atoms with Crippen LogP contribution in [0, 0.1) is 11.8 Å². The van der Waals surface area contributed by atoms with E-state index in [0.717, 1.165) is 50.7 Å². The van der Waals surface area contributed by atoms with Crippen LogP contribution >= 0.6 is 0 Å².